The molecule has 0 fully saturated rings. The van der Waals surface area contributed by atoms with Gasteiger partial charge in [0.15, 0.2) is 16.6 Å². The van der Waals surface area contributed by atoms with Gasteiger partial charge in [-0.25, -0.2) is 4.98 Å². The molecule has 1 amide bonds. The Morgan fingerprint density at radius 2 is 2.00 bits per heavy atom. The molecule has 0 bridgehead atoms. The summed E-state index contributed by atoms with van der Waals surface area (Å²) >= 11 is 7.62. The maximum absolute atomic E-state index is 12.7. The third kappa shape index (κ3) is 3.90. The average Bonchev–Trinajstić information content (AvgIpc) is 3.03. The third-order valence-electron chi connectivity index (χ3n) is 4.17. The number of carbonyl (C=O) groups excluding carboxylic acids is 1. The first-order valence-electron chi connectivity index (χ1n) is 8.64. The summed E-state index contributed by atoms with van der Waals surface area (Å²) in [6, 6.07) is 10.8. The summed E-state index contributed by atoms with van der Waals surface area (Å²) in [5, 5.41) is 5.55. The van der Waals surface area contributed by atoms with Crippen LogP contribution >= 0.6 is 22.9 Å². The number of nitrogens with zero attached hydrogens (tertiary/aromatic N) is 1. The van der Waals surface area contributed by atoms with Crippen molar-refractivity contribution in [1.29, 1.82) is 0 Å². The molecule has 0 atom stereocenters. The fourth-order valence-corrected chi connectivity index (χ4v) is 3.74. The van der Waals surface area contributed by atoms with Crippen molar-refractivity contribution in [2.75, 3.05) is 25.6 Å². The first-order chi connectivity index (χ1) is 13.6. The lowest BCUT2D eigenvalue weighted by Gasteiger charge is -2.11. The first-order valence-corrected chi connectivity index (χ1v) is 9.90. The summed E-state index contributed by atoms with van der Waals surface area (Å²) in [6.45, 7) is 1.05. The molecular formula is C20H17ClN2O4S. The van der Waals surface area contributed by atoms with E-state index in [-0.39, 0.29) is 5.91 Å². The summed E-state index contributed by atoms with van der Waals surface area (Å²) in [5.74, 6) is 1.42. The highest BCUT2D eigenvalue weighted by Crippen LogP contribution is 2.38. The Labute approximate surface area is 171 Å². The number of ether oxygens (including phenoxy) is 3. The molecule has 8 heteroatoms. The number of benzene rings is 2. The predicted octanol–water partition coefficient (Wildman–Crippen LogP) is 4.89. The summed E-state index contributed by atoms with van der Waals surface area (Å²) in [7, 11) is 1.62. The van der Waals surface area contributed by atoms with E-state index in [1.165, 1.54) is 11.3 Å². The van der Waals surface area contributed by atoms with Gasteiger partial charge in [0.1, 0.15) is 5.75 Å². The molecule has 2 heterocycles. The van der Waals surface area contributed by atoms with E-state index in [2.05, 4.69) is 10.3 Å². The molecule has 1 N–H and O–H groups in total. The van der Waals surface area contributed by atoms with Crippen molar-refractivity contribution in [2.24, 2.45) is 0 Å². The number of hydrogen-bond acceptors (Lipinski definition) is 6. The van der Waals surface area contributed by atoms with Gasteiger partial charge < -0.3 is 14.2 Å². The van der Waals surface area contributed by atoms with Gasteiger partial charge in [0.2, 0.25) is 0 Å². The Bertz CT molecular complexity index is 1000. The Morgan fingerprint density at radius 3 is 2.79 bits per heavy atom. The Kier molecular flexibility index (Phi) is 5.36. The zero-order chi connectivity index (χ0) is 19.5. The van der Waals surface area contributed by atoms with Gasteiger partial charge in [0.25, 0.3) is 5.91 Å². The van der Waals surface area contributed by atoms with Gasteiger partial charge >= 0.3 is 0 Å². The van der Waals surface area contributed by atoms with Crippen LogP contribution in [-0.4, -0.2) is 31.2 Å². The molecule has 0 saturated heterocycles. The molecule has 3 aromatic rings. The number of methoxy groups -OCH3 is 1. The van der Waals surface area contributed by atoms with E-state index >= 15 is 0 Å². The van der Waals surface area contributed by atoms with Gasteiger partial charge in [0.05, 0.1) is 31.0 Å². The van der Waals surface area contributed by atoms with Crippen LogP contribution in [0.15, 0.2) is 41.8 Å². The van der Waals surface area contributed by atoms with Crippen LogP contribution in [0.25, 0.3) is 11.3 Å². The van der Waals surface area contributed by atoms with Crippen molar-refractivity contribution in [3.63, 3.8) is 0 Å². The number of thiazole rings is 1. The smallest absolute Gasteiger partial charge is 0.257 e. The van der Waals surface area contributed by atoms with E-state index in [0.717, 1.165) is 23.4 Å². The maximum atomic E-state index is 12.7. The van der Waals surface area contributed by atoms with Crippen molar-refractivity contribution < 1.29 is 19.0 Å². The summed E-state index contributed by atoms with van der Waals surface area (Å²) < 4.78 is 16.4. The minimum absolute atomic E-state index is 0.312. The predicted molar refractivity (Wildman–Crippen MR) is 109 cm³/mol. The number of fused-ring (bicyclic) bond motifs is 1. The van der Waals surface area contributed by atoms with Crippen LogP contribution in [0.5, 0.6) is 17.2 Å². The number of nitrogens with one attached hydrogen (secondary N) is 1. The second-order valence-electron chi connectivity index (χ2n) is 6.06. The van der Waals surface area contributed by atoms with Gasteiger partial charge in [-0.15, -0.1) is 11.3 Å². The summed E-state index contributed by atoms with van der Waals surface area (Å²) in [5.41, 5.74) is 2.10. The molecule has 0 saturated carbocycles. The van der Waals surface area contributed by atoms with Crippen LogP contribution in [0.3, 0.4) is 0 Å². The molecule has 4 rings (SSSR count). The largest absolute Gasteiger partial charge is 0.497 e. The molecule has 144 valence electrons. The molecule has 1 aliphatic rings. The van der Waals surface area contributed by atoms with Crippen molar-refractivity contribution in [3.8, 4) is 28.5 Å². The third-order valence-corrected chi connectivity index (χ3v) is 5.21. The lowest BCUT2D eigenvalue weighted by atomic mass is 10.2. The second-order valence-corrected chi connectivity index (χ2v) is 7.32. The molecule has 0 spiro atoms. The van der Waals surface area contributed by atoms with Gasteiger partial charge in [0, 0.05) is 22.9 Å². The zero-order valence-corrected chi connectivity index (χ0v) is 16.6. The van der Waals surface area contributed by atoms with Crippen LogP contribution in [0.2, 0.25) is 5.02 Å². The number of aromatic nitrogens is 1. The fraction of sp³-hybridized carbons (Fsp3) is 0.200. The fourth-order valence-electron chi connectivity index (χ4n) is 2.76. The Morgan fingerprint density at radius 1 is 1.21 bits per heavy atom. The van der Waals surface area contributed by atoms with Gasteiger partial charge in [-0.2, -0.15) is 0 Å². The maximum Gasteiger partial charge on any atom is 0.257 e. The van der Waals surface area contributed by atoms with Gasteiger partial charge in [-0.3, -0.25) is 10.1 Å². The second kappa shape index (κ2) is 8.08. The highest BCUT2D eigenvalue weighted by Gasteiger charge is 2.19. The van der Waals surface area contributed by atoms with Crippen LogP contribution < -0.4 is 19.5 Å². The Hall–Kier alpha value is -2.77. The highest BCUT2D eigenvalue weighted by molar-refractivity contribution is 7.14. The van der Waals surface area contributed by atoms with Gasteiger partial charge in [-0.05, 0) is 36.4 Å². The number of anilines is 1. The minimum atomic E-state index is -0.312. The van der Waals surface area contributed by atoms with E-state index in [4.69, 9.17) is 25.8 Å². The Balaban J connectivity index is 1.52. The molecule has 28 heavy (non-hydrogen) atoms. The molecule has 6 nitrogen and oxygen atoms in total. The van der Waals surface area contributed by atoms with Crippen molar-refractivity contribution in [3.05, 3.63) is 52.4 Å². The molecule has 2 aromatic carbocycles. The van der Waals surface area contributed by atoms with Crippen LogP contribution in [-0.2, 0) is 0 Å². The molecule has 0 aliphatic carbocycles. The molecule has 1 aliphatic heterocycles. The van der Waals surface area contributed by atoms with E-state index in [1.807, 2.05) is 29.6 Å². The minimum Gasteiger partial charge on any atom is -0.497 e. The number of halogens is 1. The van der Waals surface area contributed by atoms with Gasteiger partial charge in [-0.1, -0.05) is 11.6 Å². The highest BCUT2D eigenvalue weighted by atomic mass is 35.5. The lowest BCUT2D eigenvalue weighted by Crippen LogP contribution is -2.12. The molecular weight excluding hydrogens is 400 g/mol. The van der Waals surface area contributed by atoms with Crippen LogP contribution in [0.1, 0.15) is 16.8 Å². The number of rotatable bonds is 4. The van der Waals surface area contributed by atoms with Crippen LogP contribution in [0, 0.1) is 0 Å². The average molecular weight is 417 g/mol. The quantitative estimate of drug-likeness (QED) is 0.656. The SMILES string of the molecule is COc1ccc(-c2csc(NC(=O)c3cc(Cl)c4c(c3)OCCCO4)n2)cc1. The number of carbonyl (C=O) groups is 1. The topological polar surface area (TPSA) is 69.7 Å². The lowest BCUT2D eigenvalue weighted by molar-refractivity contribution is 0.102. The zero-order valence-electron chi connectivity index (χ0n) is 15.0. The number of hydrogen-bond donors (Lipinski definition) is 1. The van der Waals surface area contributed by atoms with Crippen molar-refractivity contribution in [2.45, 2.75) is 6.42 Å². The molecule has 1 aromatic heterocycles. The van der Waals surface area contributed by atoms with E-state index < -0.39 is 0 Å². The monoisotopic (exact) mass is 416 g/mol. The number of amides is 1. The van der Waals surface area contributed by atoms with Crippen molar-refractivity contribution in [1.82, 2.24) is 4.98 Å². The standard InChI is InChI=1S/C20H17ClN2O4S/c1-25-14-5-3-12(4-6-14)16-11-28-20(22-16)23-19(24)13-9-15(21)18-17(10-13)26-7-2-8-27-18/h3-6,9-11H,2,7-8H2,1H3,(H,22,23,24). The van der Waals surface area contributed by atoms with E-state index in [1.54, 1.807) is 19.2 Å². The summed E-state index contributed by atoms with van der Waals surface area (Å²) in [4.78, 5) is 17.1. The first kappa shape index (κ1) is 18.6. The van der Waals surface area contributed by atoms with E-state index in [0.29, 0.717) is 40.4 Å². The van der Waals surface area contributed by atoms with Crippen molar-refractivity contribution >= 4 is 34.0 Å². The summed E-state index contributed by atoms with van der Waals surface area (Å²) in [6.07, 6.45) is 0.764. The molecule has 0 unspecified atom stereocenters. The molecule has 0 radical (unpaired) electrons. The van der Waals surface area contributed by atoms with Crippen LogP contribution in [0.4, 0.5) is 5.13 Å². The normalized spacial score (nSPS) is 12.9. The van der Waals surface area contributed by atoms with E-state index in [9.17, 15) is 4.79 Å².